The maximum Gasteiger partial charge on any atom is 0.162 e. The molecule has 0 spiro atoms. The van der Waals surface area contributed by atoms with Crippen LogP contribution in [0.25, 0.3) is 11.0 Å². The topological polar surface area (TPSA) is 46.8 Å². The van der Waals surface area contributed by atoms with Gasteiger partial charge in [0.1, 0.15) is 11.0 Å². The van der Waals surface area contributed by atoms with Gasteiger partial charge in [0.15, 0.2) is 5.65 Å². The SMILES string of the molecule is CC1CN(Cc2nc(Cl)c3cnn(C)c3n2)CCS1. The van der Waals surface area contributed by atoms with E-state index in [1.165, 1.54) is 5.75 Å². The molecule has 102 valence electrons. The first-order valence-electron chi connectivity index (χ1n) is 6.31. The average Bonchev–Trinajstić information content (AvgIpc) is 2.72. The van der Waals surface area contributed by atoms with Gasteiger partial charge in [-0.3, -0.25) is 9.58 Å². The van der Waals surface area contributed by atoms with Crippen molar-refractivity contribution >= 4 is 34.4 Å². The quantitative estimate of drug-likeness (QED) is 0.793. The van der Waals surface area contributed by atoms with E-state index in [0.717, 1.165) is 36.5 Å². The Balaban J connectivity index is 1.86. The summed E-state index contributed by atoms with van der Waals surface area (Å²) in [5.41, 5.74) is 0.800. The first kappa shape index (κ1) is 13.1. The number of rotatable bonds is 2. The van der Waals surface area contributed by atoms with Gasteiger partial charge in [0.2, 0.25) is 0 Å². The van der Waals surface area contributed by atoms with Crippen molar-refractivity contribution in [1.29, 1.82) is 0 Å². The van der Waals surface area contributed by atoms with E-state index in [4.69, 9.17) is 11.6 Å². The van der Waals surface area contributed by atoms with Crippen LogP contribution in [-0.4, -0.2) is 48.7 Å². The monoisotopic (exact) mass is 297 g/mol. The highest BCUT2D eigenvalue weighted by molar-refractivity contribution is 7.99. The average molecular weight is 298 g/mol. The maximum atomic E-state index is 6.19. The van der Waals surface area contributed by atoms with Gasteiger partial charge in [-0.15, -0.1) is 0 Å². The van der Waals surface area contributed by atoms with E-state index in [-0.39, 0.29) is 0 Å². The number of thioether (sulfide) groups is 1. The van der Waals surface area contributed by atoms with Crippen LogP contribution in [0.15, 0.2) is 6.20 Å². The third-order valence-corrected chi connectivity index (χ3v) is 4.71. The molecule has 1 aliphatic rings. The molecule has 1 fully saturated rings. The van der Waals surface area contributed by atoms with Gasteiger partial charge in [-0.2, -0.15) is 16.9 Å². The Hall–Kier alpha value is -0.850. The van der Waals surface area contributed by atoms with Crippen molar-refractivity contribution in [3.05, 3.63) is 17.2 Å². The van der Waals surface area contributed by atoms with Gasteiger partial charge in [-0.1, -0.05) is 18.5 Å². The molecule has 1 atom stereocenters. The Bertz CT molecular complexity index is 599. The number of halogens is 1. The zero-order valence-corrected chi connectivity index (χ0v) is 12.6. The predicted octanol–water partition coefficient (Wildman–Crippen LogP) is 1.95. The largest absolute Gasteiger partial charge is 0.294 e. The molecule has 0 saturated carbocycles. The lowest BCUT2D eigenvalue weighted by atomic mass is 10.3. The second-order valence-corrected chi connectivity index (χ2v) is 6.76. The number of nitrogens with zero attached hydrogens (tertiary/aromatic N) is 5. The van der Waals surface area contributed by atoms with E-state index in [9.17, 15) is 0 Å². The fourth-order valence-electron chi connectivity index (χ4n) is 2.33. The number of hydrogen-bond donors (Lipinski definition) is 0. The maximum absolute atomic E-state index is 6.19. The standard InChI is InChI=1S/C12H16ClN5S/c1-8-6-18(3-4-19-8)7-10-15-11(13)9-5-14-17(2)12(9)16-10/h5,8H,3-4,6-7H2,1-2H3. The van der Waals surface area contributed by atoms with Crippen LogP contribution in [0.1, 0.15) is 12.7 Å². The van der Waals surface area contributed by atoms with Crippen LogP contribution >= 0.6 is 23.4 Å². The van der Waals surface area contributed by atoms with E-state index in [0.29, 0.717) is 10.4 Å². The summed E-state index contributed by atoms with van der Waals surface area (Å²) in [6, 6.07) is 0. The molecule has 0 aliphatic carbocycles. The summed E-state index contributed by atoms with van der Waals surface area (Å²) >= 11 is 8.21. The first-order chi connectivity index (χ1) is 9.13. The molecule has 2 aromatic heterocycles. The van der Waals surface area contributed by atoms with Crippen LogP contribution in [0, 0.1) is 0 Å². The van der Waals surface area contributed by atoms with Gasteiger partial charge in [-0.25, -0.2) is 9.97 Å². The van der Waals surface area contributed by atoms with Crippen LogP contribution in [0.2, 0.25) is 5.15 Å². The molecular formula is C12H16ClN5S. The summed E-state index contributed by atoms with van der Waals surface area (Å²) in [6.07, 6.45) is 1.71. The third kappa shape index (κ3) is 2.70. The van der Waals surface area contributed by atoms with E-state index in [1.807, 2.05) is 18.8 Å². The molecule has 0 aromatic carbocycles. The van der Waals surface area contributed by atoms with Gasteiger partial charge in [0.25, 0.3) is 0 Å². The van der Waals surface area contributed by atoms with E-state index in [1.54, 1.807) is 10.9 Å². The minimum Gasteiger partial charge on any atom is -0.294 e. The van der Waals surface area contributed by atoms with Crippen molar-refractivity contribution in [2.24, 2.45) is 7.05 Å². The summed E-state index contributed by atoms with van der Waals surface area (Å²) in [4.78, 5) is 11.3. The molecule has 0 radical (unpaired) electrons. The highest BCUT2D eigenvalue weighted by Gasteiger charge is 2.18. The second-order valence-electron chi connectivity index (χ2n) is 4.85. The molecule has 0 bridgehead atoms. The second kappa shape index (κ2) is 5.26. The Kier molecular flexibility index (Phi) is 3.64. The highest BCUT2D eigenvalue weighted by Crippen LogP contribution is 2.22. The fourth-order valence-corrected chi connectivity index (χ4v) is 3.65. The van der Waals surface area contributed by atoms with Crippen molar-refractivity contribution in [3.8, 4) is 0 Å². The summed E-state index contributed by atoms with van der Waals surface area (Å²) in [7, 11) is 1.87. The van der Waals surface area contributed by atoms with Crippen molar-refractivity contribution < 1.29 is 0 Å². The van der Waals surface area contributed by atoms with E-state index >= 15 is 0 Å². The van der Waals surface area contributed by atoms with Gasteiger partial charge >= 0.3 is 0 Å². The predicted molar refractivity (Wildman–Crippen MR) is 78.5 cm³/mol. The number of fused-ring (bicyclic) bond motifs is 1. The van der Waals surface area contributed by atoms with Crippen molar-refractivity contribution in [2.75, 3.05) is 18.8 Å². The first-order valence-corrected chi connectivity index (χ1v) is 7.74. The van der Waals surface area contributed by atoms with Gasteiger partial charge < -0.3 is 0 Å². The minimum absolute atomic E-state index is 0.493. The van der Waals surface area contributed by atoms with E-state index in [2.05, 4.69) is 26.9 Å². The van der Waals surface area contributed by atoms with Crippen molar-refractivity contribution in [2.45, 2.75) is 18.7 Å². The summed E-state index contributed by atoms with van der Waals surface area (Å²) in [5, 5.41) is 6.15. The lowest BCUT2D eigenvalue weighted by Crippen LogP contribution is -2.36. The van der Waals surface area contributed by atoms with Crippen LogP contribution in [0.3, 0.4) is 0 Å². The number of aromatic nitrogens is 4. The number of hydrogen-bond acceptors (Lipinski definition) is 5. The van der Waals surface area contributed by atoms with Crippen LogP contribution < -0.4 is 0 Å². The molecule has 1 saturated heterocycles. The Labute approximate surface area is 121 Å². The zero-order valence-electron chi connectivity index (χ0n) is 11.0. The number of aryl methyl sites for hydroxylation is 1. The molecule has 3 rings (SSSR count). The van der Waals surface area contributed by atoms with Crippen LogP contribution in [0.5, 0.6) is 0 Å². The highest BCUT2D eigenvalue weighted by atomic mass is 35.5. The molecule has 5 nitrogen and oxygen atoms in total. The molecule has 0 amide bonds. The lowest BCUT2D eigenvalue weighted by Gasteiger charge is -2.29. The van der Waals surface area contributed by atoms with Crippen molar-refractivity contribution in [3.63, 3.8) is 0 Å². The van der Waals surface area contributed by atoms with Crippen LogP contribution in [-0.2, 0) is 13.6 Å². The Morgan fingerprint density at radius 2 is 2.32 bits per heavy atom. The third-order valence-electron chi connectivity index (χ3n) is 3.28. The molecule has 1 aliphatic heterocycles. The summed E-state index contributed by atoms with van der Waals surface area (Å²) < 4.78 is 1.74. The minimum atomic E-state index is 0.493. The Morgan fingerprint density at radius 3 is 3.11 bits per heavy atom. The van der Waals surface area contributed by atoms with Crippen LogP contribution in [0.4, 0.5) is 0 Å². The zero-order chi connectivity index (χ0) is 13.4. The molecule has 0 N–H and O–H groups in total. The fraction of sp³-hybridized carbons (Fsp3) is 0.583. The molecule has 3 heterocycles. The van der Waals surface area contributed by atoms with Crippen molar-refractivity contribution in [1.82, 2.24) is 24.6 Å². The summed E-state index contributed by atoms with van der Waals surface area (Å²) in [5.74, 6) is 1.95. The summed E-state index contributed by atoms with van der Waals surface area (Å²) in [6.45, 7) is 5.18. The van der Waals surface area contributed by atoms with Gasteiger partial charge in [-0.05, 0) is 0 Å². The molecule has 19 heavy (non-hydrogen) atoms. The molecule has 1 unspecified atom stereocenters. The normalized spacial score (nSPS) is 21.1. The molecule has 2 aromatic rings. The lowest BCUT2D eigenvalue weighted by molar-refractivity contribution is 0.272. The Morgan fingerprint density at radius 1 is 1.47 bits per heavy atom. The van der Waals surface area contributed by atoms with Gasteiger partial charge in [0, 0.05) is 31.1 Å². The smallest absolute Gasteiger partial charge is 0.162 e. The van der Waals surface area contributed by atoms with E-state index < -0.39 is 0 Å². The van der Waals surface area contributed by atoms with Gasteiger partial charge in [0.05, 0.1) is 18.1 Å². The molecule has 7 heteroatoms. The molecular weight excluding hydrogens is 282 g/mol.